The van der Waals surface area contributed by atoms with Gasteiger partial charge in [-0.2, -0.15) is 0 Å². The van der Waals surface area contributed by atoms with E-state index in [1.54, 1.807) is 18.2 Å². The maximum atomic E-state index is 13.8. The molecule has 4 rings (SSSR count). The summed E-state index contributed by atoms with van der Waals surface area (Å²) in [5.41, 5.74) is 1.92. The van der Waals surface area contributed by atoms with E-state index >= 15 is 0 Å². The second-order valence-electron chi connectivity index (χ2n) is 6.63. The highest BCUT2D eigenvalue weighted by molar-refractivity contribution is 6.16. The fourth-order valence-electron chi connectivity index (χ4n) is 3.56. The Morgan fingerprint density at radius 1 is 1.22 bits per heavy atom. The van der Waals surface area contributed by atoms with Gasteiger partial charge in [-0.3, -0.25) is 14.6 Å². The van der Waals surface area contributed by atoms with Crippen LogP contribution in [0.25, 0.3) is 0 Å². The monoisotopic (exact) mass is 369 g/mol. The maximum Gasteiger partial charge on any atom is 0.244 e. The van der Waals surface area contributed by atoms with E-state index in [1.807, 2.05) is 6.07 Å². The first-order valence-corrected chi connectivity index (χ1v) is 8.75. The Morgan fingerprint density at radius 2 is 2.04 bits per heavy atom. The molecular weight excluding hydrogens is 352 g/mol. The number of anilines is 2. The topological polar surface area (TPSA) is 61.8 Å². The fraction of sp³-hybridized carbons (Fsp3) is 0.250. The van der Waals surface area contributed by atoms with Gasteiger partial charge in [-0.15, -0.1) is 0 Å². The first kappa shape index (κ1) is 17.3. The fourth-order valence-corrected chi connectivity index (χ4v) is 3.56. The smallest absolute Gasteiger partial charge is 0.244 e. The summed E-state index contributed by atoms with van der Waals surface area (Å²) in [5.74, 6) is -2.66. The molecule has 2 aromatic rings. The molecule has 7 heteroatoms. The number of nitrogens with zero attached hydrogens (tertiary/aromatic N) is 2. The molecule has 27 heavy (non-hydrogen) atoms. The molecule has 0 bridgehead atoms. The summed E-state index contributed by atoms with van der Waals surface area (Å²) in [6.07, 6.45) is 2.36. The lowest BCUT2D eigenvalue weighted by molar-refractivity contribution is -0.123. The number of fused-ring (bicyclic) bond motifs is 2. The molecule has 1 heterocycles. The number of halogens is 2. The summed E-state index contributed by atoms with van der Waals surface area (Å²) in [4.78, 5) is 31.5. The molecule has 1 N–H and O–H groups in total. The number of aliphatic imine (C=N–C) groups is 1. The van der Waals surface area contributed by atoms with E-state index in [2.05, 4.69) is 10.3 Å². The van der Waals surface area contributed by atoms with Crippen LogP contribution in [0.3, 0.4) is 0 Å². The third-order valence-corrected chi connectivity index (χ3v) is 4.84. The first-order chi connectivity index (χ1) is 13.0. The van der Waals surface area contributed by atoms with Crippen molar-refractivity contribution in [3.05, 3.63) is 54.1 Å². The predicted octanol–water partition coefficient (Wildman–Crippen LogP) is 3.82. The van der Waals surface area contributed by atoms with Crippen molar-refractivity contribution in [1.29, 1.82) is 0 Å². The molecular formula is C20H17F2N3O2. The van der Waals surface area contributed by atoms with Crippen molar-refractivity contribution >= 4 is 34.6 Å². The molecule has 1 unspecified atom stereocenters. The van der Waals surface area contributed by atoms with Crippen LogP contribution in [0.1, 0.15) is 19.3 Å². The van der Waals surface area contributed by atoms with E-state index in [4.69, 9.17) is 0 Å². The van der Waals surface area contributed by atoms with Crippen LogP contribution in [0, 0.1) is 17.6 Å². The van der Waals surface area contributed by atoms with Crippen molar-refractivity contribution in [2.75, 3.05) is 16.8 Å². The Morgan fingerprint density at radius 3 is 2.85 bits per heavy atom. The van der Waals surface area contributed by atoms with Crippen LogP contribution in [-0.2, 0) is 9.59 Å². The number of carbonyl (C=O) groups is 2. The van der Waals surface area contributed by atoms with Gasteiger partial charge in [-0.1, -0.05) is 12.1 Å². The number of nitrogens with one attached hydrogen (secondary N) is 1. The summed E-state index contributed by atoms with van der Waals surface area (Å²) in [7, 11) is 0. The molecule has 2 aromatic carbocycles. The summed E-state index contributed by atoms with van der Waals surface area (Å²) >= 11 is 0. The average molecular weight is 369 g/mol. The first-order valence-electron chi connectivity index (χ1n) is 8.75. The Balaban J connectivity index is 1.61. The summed E-state index contributed by atoms with van der Waals surface area (Å²) < 4.78 is 26.8. The molecule has 2 amide bonds. The molecule has 0 aromatic heterocycles. The van der Waals surface area contributed by atoms with Gasteiger partial charge in [0.2, 0.25) is 11.8 Å². The van der Waals surface area contributed by atoms with Gasteiger partial charge in [0.25, 0.3) is 0 Å². The van der Waals surface area contributed by atoms with Gasteiger partial charge in [0.15, 0.2) is 0 Å². The average Bonchev–Trinajstić information content (AvgIpc) is 3.06. The number of para-hydroxylation sites is 2. The summed E-state index contributed by atoms with van der Waals surface area (Å²) in [6, 6.07) is 10.1. The quantitative estimate of drug-likeness (QED) is 0.894. The second-order valence-corrected chi connectivity index (χ2v) is 6.63. The van der Waals surface area contributed by atoms with Crippen LogP contribution < -0.4 is 10.2 Å². The third-order valence-electron chi connectivity index (χ3n) is 4.84. The highest BCUT2D eigenvalue weighted by atomic mass is 19.1. The van der Waals surface area contributed by atoms with E-state index in [1.165, 1.54) is 4.90 Å². The van der Waals surface area contributed by atoms with Crippen LogP contribution in [0.2, 0.25) is 0 Å². The SMILES string of the molecule is O=C(CN1C(=O)C2CCCC2=Nc2ccccc21)Nc1ccc(F)cc1F. The van der Waals surface area contributed by atoms with Crippen LogP contribution in [0.4, 0.5) is 25.8 Å². The molecule has 0 radical (unpaired) electrons. The Bertz CT molecular complexity index is 958. The second kappa shape index (κ2) is 6.90. The Kier molecular flexibility index (Phi) is 4.43. The molecule has 1 saturated carbocycles. The number of carbonyl (C=O) groups excluding carboxylic acids is 2. The Hall–Kier alpha value is -3.09. The molecule has 138 valence electrons. The molecule has 1 aliphatic carbocycles. The number of amides is 2. The van der Waals surface area contributed by atoms with Crippen molar-refractivity contribution in [1.82, 2.24) is 0 Å². The number of hydrogen-bond donors (Lipinski definition) is 1. The van der Waals surface area contributed by atoms with E-state index in [9.17, 15) is 18.4 Å². The zero-order valence-electron chi connectivity index (χ0n) is 14.4. The molecule has 1 atom stereocenters. The number of hydrogen-bond acceptors (Lipinski definition) is 3. The zero-order chi connectivity index (χ0) is 19.0. The van der Waals surface area contributed by atoms with Gasteiger partial charge in [-0.05, 0) is 43.5 Å². The molecule has 1 aliphatic heterocycles. The molecule has 5 nitrogen and oxygen atoms in total. The van der Waals surface area contributed by atoms with Gasteiger partial charge in [0, 0.05) is 11.8 Å². The molecule has 0 saturated heterocycles. The van der Waals surface area contributed by atoms with Crippen LogP contribution in [0.5, 0.6) is 0 Å². The lowest BCUT2D eigenvalue weighted by Crippen LogP contribution is -2.42. The van der Waals surface area contributed by atoms with E-state index < -0.39 is 17.5 Å². The molecule has 0 spiro atoms. The minimum Gasteiger partial charge on any atom is -0.322 e. The van der Waals surface area contributed by atoms with Crippen molar-refractivity contribution in [2.45, 2.75) is 19.3 Å². The van der Waals surface area contributed by atoms with E-state index in [0.717, 1.165) is 30.7 Å². The van der Waals surface area contributed by atoms with Crippen molar-refractivity contribution < 1.29 is 18.4 Å². The van der Waals surface area contributed by atoms with E-state index in [0.29, 0.717) is 23.9 Å². The minimum atomic E-state index is -0.868. The minimum absolute atomic E-state index is 0.130. The standard InChI is InChI=1S/C20H17F2N3O2/c21-12-8-9-16(14(22)10-12)24-19(26)11-25-18-7-2-1-5-17(18)23-15-6-3-4-13(15)20(25)27/h1-2,5,7-10,13H,3-4,6,11H2,(H,24,26). The highest BCUT2D eigenvalue weighted by Gasteiger charge is 2.37. The van der Waals surface area contributed by atoms with Crippen molar-refractivity contribution in [3.63, 3.8) is 0 Å². The predicted molar refractivity (Wildman–Crippen MR) is 98.2 cm³/mol. The zero-order valence-corrected chi connectivity index (χ0v) is 14.4. The number of rotatable bonds is 3. The molecule has 1 fully saturated rings. The van der Waals surface area contributed by atoms with Gasteiger partial charge in [0.05, 0.1) is 23.0 Å². The lowest BCUT2D eigenvalue weighted by Gasteiger charge is -2.24. The summed E-state index contributed by atoms with van der Waals surface area (Å²) in [5, 5.41) is 2.40. The molecule has 2 aliphatic rings. The lowest BCUT2D eigenvalue weighted by atomic mass is 10.1. The van der Waals surface area contributed by atoms with Gasteiger partial charge in [0.1, 0.15) is 18.2 Å². The third kappa shape index (κ3) is 3.32. The Labute approximate surface area is 154 Å². The number of benzene rings is 2. The van der Waals surface area contributed by atoms with Crippen LogP contribution in [0.15, 0.2) is 47.5 Å². The largest absolute Gasteiger partial charge is 0.322 e. The van der Waals surface area contributed by atoms with Crippen molar-refractivity contribution in [3.8, 4) is 0 Å². The van der Waals surface area contributed by atoms with Crippen molar-refractivity contribution in [2.24, 2.45) is 10.9 Å². The van der Waals surface area contributed by atoms with Gasteiger partial charge >= 0.3 is 0 Å². The van der Waals surface area contributed by atoms with E-state index in [-0.39, 0.29) is 24.1 Å². The normalized spacial score (nSPS) is 18.4. The highest BCUT2D eigenvalue weighted by Crippen LogP contribution is 2.37. The summed E-state index contributed by atoms with van der Waals surface area (Å²) in [6.45, 7) is -0.272. The van der Waals surface area contributed by atoms with Crippen LogP contribution >= 0.6 is 0 Å². The maximum absolute atomic E-state index is 13.8. The van der Waals surface area contributed by atoms with Gasteiger partial charge in [-0.25, -0.2) is 8.78 Å². The van der Waals surface area contributed by atoms with Gasteiger partial charge < -0.3 is 10.2 Å². The van der Waals surface area contributed by atoms with Crippen LogP contribution in [-0.4, -0.2) is 24.1 Å².